The van der Waals surface area contributed by atoms with E-state index < -0.39 is 17.3 Å². The molecule has 2 aromatic heterocycles. The molecule has 0 N–H and O–H groups in total. The van der Waals surface area contributed by atoms with Gasteiger partial charge in [-0.05, 0) is 84.4 Å². The molecule has 0 spiro atoms. The topological polar surface area (TPSA) is 73.7 Å². The van der Waals surface area contributed by atoms with Gasteiger partial charge in [-0.3, -0.25) is 9.55 Å². The third kappa shape index (κ3) is 5.74. The Hall–Kier alpha value is -2.57. The van der Waals surface area contributed by atoms with Gasteiger partial charge in [-0.25, -0.2) is 9.59 Å². The first-order valence-electron chi connectivity index (χ1n) is 10.6. The van der Waals surface area contributed by atoms with Crippen molar-refractivity contribution >= 4 is 23.2 Å². The number of amides is 1. The SMILES string of the molecule is CC(C)(C)OC(=O)N1CCCC(Cc2cnc3ccn(C(=O)OC(C)(C)C)c3c2)C1. The highest BCUT2D eigenvalue weighted by Crippen LogP contribution is 2.24. The molecule has 1 amide bonds. The number of nitrogens with zero attached hydrogens (tertiary/aromatic N) is 3. The molecule has 7 nitrogen and oxygen atoms in total. The third-order valence-corrected chi connectivity index (χ3v) is 4.88. The van der Waals surface area contributed by atoms with Crippen LogP contribution in [0.15, 0.2) is 24.5 Å². The number of fused-ring (bicyclic) bond motifs is 1. The molecule has 3 heterocycles. The van der Waals surface area contributed by atoms with E-state index in [1.54, 1.807) is 11.1 Å². The van der Waals surface area contributed by atoms with Gasteiger partial charge in [0.15, 0.2) is 0 Å². The second-order valence-corrected chi connectivity index (χ2v) is 10.1. The number of piperidine rings is 1. The molecule has 1 aliphatic rings. The van der Waals surface area contributed by atoms with E-state index in [9.17, 15) is 9.59 Å². The van der Waals surface area contributed by atoms with E-state index in [-0.39, 0.29) is 6.09 Å². The van der Waals surface area contributed by atoms with Crippen LogP contribution in [0.25, 0.3) is 11.0 Å². The van der Waals surface area contributed by atoms with Gasteiger partial charge >= 0.3 is 12.2 Å². The molecule has 30 heavy (non-hydrogen) atoms. The van der Waals surface area contributed by atoms with Gasteiger partial charge in [-0.2, -0.15) is 0 Å². The standard InChI is InChI=1S/C23H33N3O4/c1-22(2,3)29-20(27)25-10-7-8-16(15-25)12-17-13-19-18(24-14-17)9-11-26(19)21(28)30-23(4,5)6/h9,11,13-14,16H,7-8,10,12,15H2,1-6H3. The van der Waals surface area contributed by atoms with Crippen LogP contribution in [0.5, 0.6) is 0 Å². The highest BCUT2D eigenvalue weighted by molar-refractivity contribution is 5.87. The first kappa shape index (κ1) is 22.1. The Balaban J connectivity index is 1.72. The Morgan fingerprint density at radius 1 is 1.10 bits per heavy atom. The smallest absolute Gasteiger partial charge is 0.419 e. The number of carbonyl (C=O) groups excluding carboxylic acids is 2. The van der Waals surface area contributed by atoms with E-state index in [0.717, 1.165) is 42.4 Å². The van der Waals surface area contributed by atoms with Crippen LogP contribution < -0.4 is 0 Å². The van der Waals surface area contributed by atoms with Crippen LogP contribution in [0.2, 0.25) is 0 Å². The highest BCUT2D eigenvalue weighted by Gasteiger charge is 2.28. The summed E-state index contributed by atoms with van der Waals surface area (Å²) in [5.41, 5.74) is 1.48. The van der Waals surface area contributed by atoms with Crippen molar-refractivity contribution in [2.75, 3.05) is 13.1 Å². The maximum absolute atomic E-state index is 12.5. The van der Waals surface area contributed by atoms with Crippen molar-refractivity contribution in [2.45, 2.75) is 72.0 Å². The van der Waals surface area contributed by atoms with E-state index in [1.165, 1.54) is 4.57 Å². The van der Waals surface area contributed by atoms with Crippen LogP contribution in [0.4, 0.5) is 9.59 Å². The molecular formula is C23H33N3O4. The van der Waals surface area contributed by atoms with E-state index in [4.69, 9.17) is 9.47 Å². The minimum absolute atomic E-state index is 0.250. The van der Waals surface area contributed by atoms with Gasteiger partial charge < -0.3 is 14.4 Å². The Morgan fingerprint density at radius 2 is 1.77 bits per heavy atom. The van der Waals surface area contributed by atoms with E-state index in [1.807, 2.05) is 59.9 Å². The molecular weight excluding hydrogens is 382 g/mol. The first-order valence-corrected chi connectivity index (χ1v) is 10.6. The van der Waals surface area contributed by atoms with Gasteiger partial charge in [0.05, 0.1) is 11.0 Å². The van der Waals surface area contributed by atoms with Crippen molar-refractivity contribution in [1.82, 2.24) is 14.5 Å². The fraction of sp³-hybridized carbons (Fsp3) is 0.609. The average Bonchev–Trinajstić information content (AvgIpc) is 3.02. The minimum atomic E-state index is -0.564. The van der Waals surface area contributed by atoms with Crippen LogP contribution in [-0.4, -0.2) is 50.9 Å². The average molecular weight is 416 g/mol. The molecule has 7 heteroatoms. The molecule has 2 aromatic rings. The number of pyridine rings is 1. The lowest BCUT2D eigenvalue weighted by Gasteiger charge is -2.34. The van der Waals surface area contributed by atoms with E-state index in [2.05, 4.69) is 4.98 Å². The predicted molar refractivity (Wildman–Crippen MR) is 116 cm³/mol. The maximum atomic E-state index is 12.5. The van der Waals surface area contributed by atoms with Crippen molar-refractivity contribution in [1.29, 1.82) is 0 Å². The number of ether oxygens (including phenoxy) is 2. The molecule has 1 aliphatic heterocycles. The molecule has 0 bridgehead atoms. The first-order chi connectivity index (χ1) is 13.9. The lowest BCUT2D eigenvalue weighted by Crippen LogP contribution is -2.43. The summed E-state index contributed by atoms with van der Waals surface area (Å²) in [6, 6.07) is 3.81. The molecule has 1 unspecified atom stereocenters. The second-order valence-electron chi connectivity index (χ2n) is 10.1. The Bertz CT molecular complexity index is 921. The molecule has 1 saturated heterocycles. The number of likely N-dealkylation sites (tertiary alicyclic amines) is 1. The Morgan fingerprint density at radius 3 is 2.43 bits per heavy atom. The van der Waals surface area contributed by atoms with Gasteiger partial charge in [0.1, 0.15) is 11.2 Å². The number of hydrogen-bond acceptors (Lipinski definition) is 5. The summed E-state index contributed by atoms with van der Waals surface area (Å²) in [4.78, 5) is 31.3. The quantitative estimate of drug-likeness (QED) is 0.689. The number of rotatable bonds is 2. The van der Waals surface area contributed by atoms with Crippen molar-refractivity contribution in [3.05, 3.63) is 30.1 Å². The zero-order chi connectivity index (χ0) is 22.1. The predicted octanol–water partition coefficient (Wildman–Crippen LogP) is 5.01. The molecule has 1 fully saturated rings. The summed E-state index contributed by atoms with van der Waals surface area (Å²) in [5, 5.41) is 0. The molecule has 0 radical (unpaired) electrons. The zero-order valence-corrected chi connectivity index (χ0v) is 18.9. The van der Waals surface area contributed by atoms with Gasteiger partial charge in [-0.1, -0.05) is 0 Å². The van der Waals surface area contributed by atoms with Crippen LogP contribution in [-0.2, 0) is 15.9 Å². The second kappa shape index (κ2) is 8.28. The lowest BCUT2D eigenvalue weighted by molar-refractivity contribution is 0.0166. The summed E-state index contributed by atoms with van der Waals surface area (Å²) < 4.78 is 12.5. The van der Waals surface area contributed by atoms with Crippen LogP contribution in [0.3, 0.4) is 0 Å². The Kier molecular flexibility index (Phi) is 6.11. The van der Waals surface area contributed by atoms with Crippen molar-refractivity contribution in [3.8, 4) is 0 Å². The summed E-state index contributed by atoms with van der Waals surface area (Å²) in [6.45, 7) is 12.6. The summed E-state index contributed by atoms with van der Waals surface area (Å²) >= 11 is 0. The largest absolute Gasteiger partial charge is 0.444 e. The van der Waals surface area contributed by atoms with Gasteiger partial charge in [0, 0.05) is 25.5 Å². The van der Waals surface area contributed by atoms with Gasteiger partial charge in [0.2, 0.25) is 0 Å². The number of carbonyl (C=O) groups is 2. The molecule has 1 atom stereocenters. The van der Waals surface area contributed by atoms with E-state index in [0.29, 0.717) is 12.5 Å². The van der Waals surface area contributed by atoms with Crippen molar-refractivity contribution in [3.63, 3.8) is 0 Å². The zero-order valence-electron chi connectivity index (χ0n) is 18.9. The van der Waals surface area contributed by atoms with Crippen molar-refractivity contribution in [2.24, 2.45) is 5.92 Å². The monoisotopic (exact) mass is 415 g/mol. The molecule has 0 aliphatic carbocycles. The number of hydrogen-bond donors (Lipinski definition) is 0. The molecule has 0 saturated carbocycles. The molecule has 0 aromatic carbocycles. The summed E-state index contributed by atoms with van der Waals surface area (Å²) in [6.07, 6.45) is 5.68. The summed E-state index contributed by atoms with van der Waals surface area (Å²) in [7, 11) is 0. The molecule has 164 valence electrons. The highest BCUT2D eigenvalue weighted by atomic mass is 16.6. The lowest BCUT2D eigenvalue weighted by atomic mass is 9.92. The van der Waals surface area contributed by atoms with Crippen molar-refractivity contribution < 1.29 is 19.1 Å². The minimum Gasteiger partial charge on any atom is -0.444 e. The molecule has 3 rings (SSSR count). The normalized spacial score (nSPS) is 17.8. The maximum Gasteiger partial charge on any atom is 0.419 e. The van der Waals surface area contributed by atoms with Gasteiger partial charge in [0.25, 0.3) is 0 Å². The third-order valence-electron chi connectivity index (χ3n) is 4.88. The summed E-state index contributed by atoms with van der Waals surface area (Å²) in [5.74, 6) is 0.329. The fourth-order valence-corrected chi connectivity index (χ4v) is 3.69. The fourth-order valence-electron chi connectivity index (χ4n) is 3.69. The van der Waals surface area contributed by atoms with E-state index >= 15 is 0 Å². The number of aromatic nitrogens is 2. The van der Waals surface area contributed by atoms with Crippen LogP contribution in [0, 0.1) is 5.92 Å². The van der Waals surface area contributed by atoms with Crippen LogP contribution >= 0.6 is 0 Å². The van der Waals surface area contributed by atoms with Crippen LogP contribution in [0.1, 0.15) is 59.9 Å². The Labute approximate surface area is 178 Å². The van der Waals surface area contributed by atoms with Gasteiger partial charge in [-0.15, -0.1) is 0 Å².